The van der Waals surface area contributed by atoms with E-state index in [2.05, 4.69) is 50.0 Å². The van der Waals surface area contributed by atoms with Gasteiger partial charge in [-0.2, -0.15) is 4.52 Å². The Morgan fingerprint density at radius 1 is 0.951 bits per heavy atom. The van der Waals surface area contributed by atoms with Gasteiger partial charge in [0.25, 0.3) is 5.56 Å². The molecule has 8 heteroatoms. The lowest BCUT2D eigenvalue weighted by molar-refractivity contribution is -0.159. The molecule has 0 amide bonds. The fourth-order valence-corrected chi connectivity index (χ4v) is 6.67. The molecular weight excluding hydrogens is 530 g/mol. The van der Waals surface area contributed by atoms with Crippen LogP contribution in [0.25, 0.3) is 33.6 Å². The largest absolute Gasteiger partial charge is 0.360 e. The van der Waals surface area contributed by atoms with Crippen molar-refractivity contribution in [3.05, 3.63) is 88.4 Å². The number of aryl methyl sites for hydroxylation is 1. The van der Waals surface area contributed by atoms with Gasteiger partial charge in [-0.25, -0.2) is 9.67 Å². The summed E-state index contributed by atoms with van der Waals surface area (Å²) in [5.74, 6) is -0.545. The van der Waals surface area contributed by atoms with Gasteiger partial charge in [0.1, 0.15) is 6.73 Å². The van der Waals surface area contributed by atoms with Crippen molar-refractivity contribution in [3.8, 4) is 22.4 Å². The summed E-state index contributed by atoms with van der Waals surface area (Å²) in [5, 5.41) is 0. The topological polar surface area (TPSA) is 67.0 Å². The zero-order valence-corrected chi connectivity index (χ0v) is 25.5. The summed E-state index contributed by atoms with van der Waals surface area (Å²) in [7, 11) is -1.28. The second-order valence-electron chi connectivity index (χ2n) is 12.3. The quantitative estimate of drug-likeness (QED) is 0.173. The molecule has 2 aliphatic rings. The number of rotatable bonds is 8. The average Bonchev–Trinajstić information content (AvgIpc) is 3.55. The number of fused-ring (bicyclic) bond motifs is 1. The first kappa shape index (κ1) is 27.8. The molecule has 0 bridgehead atoms. The van der Waals surface area contributed by atoms with Crippen molar-refractivity contribution in [2.24, 2.45) is 0 Å². The van der Waals surface area contributed by atoms with Gasteiger partial charge in [0.2, 0.25) is 0 Å². The maximum atomic E-state index is 14.6. The number of hydrogen-bond donors (Lipinski definition) is 0. The third-order valence-corrected chi connectivity index (χ3v) is 9.80. The van der Waals surface area contributed by atoms with Crippen molar-refractivity contribution in [2.45, 2.75) is 64.4 Å². The van der Waals surface area contributed by atoms with Gasteiger partial charge in [-0.05, 0) is 30.5 Å². The molecule has 1 aliphatic heterocycles. The number of nitrogens with zero attached hydrogens (tertiary/aromatic N) is 3. The van der Waals surface area contributed by atoms with E-state index in [9.17, 15) is 4.79 Å². The minimum absolute atomic E-state index is 0.0730. The van der Waals surface area contributed by atoms with Crippen LogP contribution in [0.3, 0.4) is 0 Å². The molecule has 1 spiro atoms. The zero-order chi connectivity index (χ0) is 28.6. The Hall–Kier alpha value is -3.30. The Morgan fingerprint density at radius 3 is 2.22 bits per heavy atom. The molecule has 0 N–H and O–H groups in total. The predicted molar refractivity (Wildman–Crippen MR) is 166 cm³/mol. The minimum Gasteiger partial charge on any atom is -0.360 e. The zero-order valence-electron chi connectivity index (χ0n) is 24.5. The molecule has 4 aromatic rings. The molecule has 2 aromatic heterocycles. The molecule has 1 saturated heterocycles. The summed E-state index contributed by atoms with van der Waals surface area (Å²) in [6.45, 7) is 11.1. The van der Waals surface area contributed by atoms with Crippen molar-refractivity contribution < 1.29 is 14.2 Å². The van der Waals surface area contributed by atoms with Crippen LogP contribution in [-0.4, -0.2) is 47.9 Å². The summed E-state index contributed by atoms with van der Waals surface area (Å²) in [6.07, 6.45) is 4.18. The first-order valence-corrected chi connectivity index (χ1v) is 18.3. The van der Waals surface area contributed by atoms with Gasteiger partial charge >= 0.3 is 0 Å². The third kappa shape index (κ3) is 5.49. The van der Waals surface area contributed by atoms with Crippen LogP contribution in [0, 0.1) is 6.92 Å². The van der Waals surface area contributed by atoms with E-state index in [1.165, 1.54) is 0 Å². The van der Waals surface area contributed by atoms with Crippen molar-refractivity contribution in [1.29, 1.82) is 0 Å². The highest BCUT2D eigenvalue weighted by Gasteiger charge is 2.38. The molecule has 41 heavy (non-hydrogen) atoms. The second kappa shape index (κ2) is 11.2. The third-order valence-electron chi connectivity index (χ3n) is 8.09. The number of hydrogen-bond acceptors (Lipinski definition) is 5. The molecular formula is C33H39N3O4Si. The average molecular weight is 570 g/mol. The van der Waals surface area contributed by atoms with Gasteiger partial charge in [0.05, 0.1) is 35.7 Å². The van der Waals surface area contributed by atoms with Gasteiger partial charge in [-0.15, -0.1) is 0 Å². The number of allylic oxidation sites excluding steroid dienone is 1. The first-order valence-electron chi connectivity index (χ1n) is 14.6. The molecule has 214 valence electrons. The van der Waals surface area contributed by atoms with Crippen LogP contribution in [0.15, 0.2) is 71.5 Å². The van der Waals surface area contributed by atoms with Crippen molar-refractivity contribution >= 4 is 19.3 Å². The van der Waals surface area contributed by atoms with Gasteiger partial charge in [-0.3, -0.25) is 4.79 Å². The Morgan fingerprint density at radius 2 is 1.61 bits per heavy atom. The lowest BCUT2D eigenvalue weighted by Crippen LogP contribution is -2.33. The van der Waals surface area contributed by atoms with E-state index < -0.39 is 13.9 Å². The highest BCUT2D eigenvalue weighted by atomic mass is 28.3. The normalized spacial score (nSPS) is 16.9. The Bertz CT molecular complexity index is 1630. The molecule has 1 aliphatic carbocycles. The lowest BCUT2D eigenvalue weighted by atomic mass is 9.89. The predicted octanol–water partition coefficient (Wildman–Crippen LogP) is 6.76. The fourth-order valence-electron chi connectivity index (χ4n) is 5.92. The molecule has 6 rings (SSSR count). The Balaban J connectivity index is 1.55. The van der Waals surface area contributed by atoms with Crippen LogP contribution in [0.2, 0.25) is 25.7 Å². The van der Waals surface area contributed by atoms with Gasteiger partial charge in [-0.1, -0.05) is 86.4 Å². The summed E-state index contributed by atoms with van der Waals surface area (Å²) in [6, 6.07) is 21.5. The molecule has 0 saturated carbocycles. The molecule has 7 nitrogen and oxygen atoms in total. The molecule has 0 unspecified atom stereocenters. The van der Waals surface area contributed by atoms with Crippen LogP contribution in [0.5, 0.6) is 0 Å². The van der Waals surface area contributed by atoms with Crippen molar-refractivity contribution in [3.63, 3.8) is 0 Å². The van der Waals surface area contributed by atoms with E-state index in [0.717, 1.165) is 46.1 Å². The van der Waals surface area contributed by atoms with Crippen molar-refractivity contribution in [2.75, 3.05) is 19.8 Å². The molecule has 2 aromatic carbocycles. The molecule has 0 radical (unpaired) electrons. The van der Waals surface area contributed by atoms with E-state index in [4.69, 9.17) is 19.2 Å². The summed E-state index contributed by atoms with van der Waals surface area (Å²) in [5.41, 5.74) is 6.86. The number of aromatic nitrogens is 3. The van der Waals surface area contributed by atoms with Crippen LogP contribution in [0.1, 0.15) is 30.5 Å². The highest BCUT2D eigenvalue weighted by molar-refractivity contribution is 6.76. The van der Waals surface area contributed by atoms with E-state index in [1.807, 2.05) is 48.0 Å². The van der Waals surface area contributed by atoms with E-state index in [-0.39, 0.29) is 12.3 Å². The summed E-state index contributed by atoms with van der Waals surface area (Å²) >= 11 is 0. The Kier molecular flexibility index (Phi) is 7.59. The van der Waals surface area contributed by atoms with Crippen LogP contribution >= 0.6 is 0 Å². The van der Waals surface area contributed by atoms with Crippen LogP contribution in [0.4, 0.5) is 0 Å². The van der Waals surface area contributed by atoms with Crippen LogP contribution in [-0.2, 0) is 20.9 Å². The SMILES string of the molecule is Cc1nc2c(-c3ccccc3)c(-c3ccccc3)n(COCC[Si](C)(C)C)n2c(=O)c1C1=CCC2(CC1)OCCO2. The van der Waals surface area contributed by atoms with Crippen LogP contribution < -0.4 is 5.56 Å². The maximum absolute atomic E-state index is 14.6. The summed E-state index contributed by atoms with van der Waals surface area (Å²) < 4.78 is 21.9. The minimum atomic E-state index is -1.28. The molecule has 3 heterocycles. The maximum Gasteiger partial charge on any atom is 0.280 e. The van der Waals surface area contributed by atoms with Gasteiger partial charge < -0.3 is 14.2 Å². The monoisotopic (exact) mass is 569 g/mol. The number of ether oxygens (including phenoxy) is 3. The molecule has 1 fully saturated rings. The fraction of sp³-hybridized carbons (Fsp3) is 0.394. The Labute approximate surface area is 242 Å². The smallest absolute Gasteiger partial charge is 0.280 e. The lowest BCUT2D eigenvalue weighted by Gasteiger charge is -2.30. The van der Waals surface area contributed by atoms with Gasteiger partial charge in [0.15, 0.2) is 11.4 Å². The van der Waals surface area contributed by atoms with Gasteiger partial charge in [0, 0.05) is 33.1 Å². The van der Waals surface area contributed by atoms with E-state index >= 15 is 0 Å². The standard InChI is InChI=1S/C33H39N3O4Si/c1-24-28(26-15-17-33(18-16-26)39-19-20-40-33)32(37)36-31(34-24)29(25-11-7-5-8-12-25)30(27-13-9-6-10-14-27)35(36)23-38-21-22-41(2,3)4/h5-15H,16-23H2,1-4H3. The highest BCUT2D eigenvalue weighted by Crippen LogP contribution is 2.40. The molecule has 0 atom stereocenters. The van der Waals surface area contributed by atoms with Crippen molar-refractivity contribution in [1.82, 2.24) is 14.2 Å². The second-order valence-corrected chi connectivity index (χ2v) is 17.9. The summed E-state index contributed by atoms with van der Waals surface area (Å²) in [4.78, 5) is 19.7. The number of benzene rings is 2. The first-order chi connectivity index (χ1) is 19.8. The van der Waals surface area contributed by atoms with E-state index in [0.29, 0.717) is 43.9 Å². The van der Waals surface area contributed by atoms with E-state index in [1.54, 1.807) is 4.52 Å².